The topological polar surface area (TPSA) is 84.9 Å². The fraction of sp³-hybridized carbons (Fsp3) is 0.300. The number of rotatable bonds is 6. The quantitative estimate of drug-likeness (QED) is 0.471. The van der Waals surface area contributed by atoms with E-state index in [0.717, 1.165) is 16.8 Å². The lowest BCUT2D eigenvalue weighted by atomic mass is 10.1. The Kier molecular flexibility index (Phi) is 5.10. The summed E-state index contributed by atoms with van der Waals surface area (Å²) in [5.74, 6) is 0.600. The molecule has 0 aliphatic rings. The lowest BCUT2D eigenvalue weighted by molar-refractivity contribution is 0.556. The Bertz CT molecular complexity index is 1150. The molecule has 0 saturated carbocycles. The van der Waals surface area contributed by atoms with Gasteiger partial charge in [0.15, 0.2) is 17.0 Å². The number of halogens is 1. The zero-order valence-corrected chi connectivity index (χ0v) is 17.5. The zero-order valence-electron chi connectivity index (χ0n) is 16.7. The van der Waals surface area contributed by atoms with Gasteiger partial charge in [-0.2, -0.15) is 15.0 Å². The molecule has 9 heteroatoms. The molecule has 0 unspecified atom stereocenters. The molecule has 0 aliphatic heterocycles. The summed E-state index contributed by atoms with van der Waals surface area (Å²) in [6.45, 7) is 4.66. The van der Waals surface area contributed by atoms with Crippen molar-refractivity contribution in [3.05, 3.63) is 47.7 Å². The predicted octanol–water partition coefficient (Wildman–Crippen LogP) is 4.39. The first-order valence-corrected chi connectivity index (χ1v) is 9.67. The average Bonchev–Trinajstić information content (AvgIpc) is 3.33. The largest absolute Gasteiger partial charge is 0.431 e. The van der Waals surface area contributed by atoms with E-state index in [1.54, 1.807) is 12.6 Å². The van der Waals surface area contributed by atoms with Crippen molar-refractivity contribution in [2.75, 3.05) is 24.3 Å². The van der Waals surface area contributed by atoms with Gasteiger partial charge in [-0.05, 0) is 31.0 Å². The number of aromatic nitrogens is 5. The van der Waals surface area contributed by atoms with Crippen LogP contribution in [-0.2, 0) is 6.54 Å². The van der Waals surface area contributed by atoms with Gasteiger partial charge in [-0.15, -0.1) is 0 Å². The van der Waals surface area contributed by atoms with E-state index in [0.29, 0.717) is 29.5 Å². The lowest BCUT2D eigenvalue weighted by Gasteiger charge is -2.11. The Morgan fingerprint density at radius 2 is 1.97 bits per heavy atom. The highest BCUT2D eigenvalue weighted by molar-refractivity contribution is 6.28. The highest BCUT2D eigenvalue weighted by Crippen LogP contribution is 2.27. The van der Waals surface area contributed by atoms with Crippen molar-refractivity contribution in [1.29, 1.82) is 0 Å². The number of hydrogen-bond donors (Lipinski definition) is 1. The van der Waals surface area contributed by atoms with Crippen molar-refractivity contribution >= 4 is 34.6 Å². The summed E-state index contributed by atoms with van der Waals surface area (Å²) in [6.07, 6.45) is 3.43. The number of oxazole rings is 1. The molecule has 0 atom stereocenters. The Morgan fingerprint density at radius 3 is 2.69 bits per heavy atom. The van der Waals surface area contributed by atoms with E-state index in [1.165, 1.54) is 0 Å². The molecular formula is C20H22ClN7O. The van der Waals surface area contributed by atoms with E-state index in [1.807, 2.05) is 47.8 Å². The van der Waals surface area contributed by atoms with Gasteiger partial charge in [-0.1, -0.05) is 24.3 Å². The minimum atomic E-state index is 0.183. The first-order chi connectivity index (χ1) is 13.9. The maximum Gasteiger partial charge on any atom is 0.297 e. The predicted molar refractivity (Wildman–Crippen MR) is 114 cm³/mol. The van der Waals surface area contributed by atoms with Crippen LogP contribution in [0.5, 0.6) is 0 Å². The van der Waals surface area contributed by atoms with Crippen molar-refractivity contribution in [3.63, 3.8) is 0 Å². The van der Waals surface area contributed by atoms with Crippen LogP contribution in [-0.4, -0.2) is 38.6 Å². The van der Waals surface area contributed by atoms with Crippen LogP contribution in [0.1, 0.15) is 25.5 Å². The Labute approximate surface area is 173 Å². The molecule has 29 heavy (non-hydrogen) atoms. The number of nitrogens with one attached hydrogen (secondary N) is 1. The molecule has 0 amide bonds. The maximum atomic E-state index is 6.17. The Morgan fingerprint density at radius 1 is 1.17 bits per heavy atom. The summed E-state index contributed by atoms with van der Waals surface area (Å²) in [5, 5.41) is 3.54. The molecule has 0 aliphatic carbocycles. The number of imidazole rings is 1. The van der Waals surface area contributed by atoms with Gasteiger partial charge < -0.3 is 19.2 Å². The summed E-state index contributed by atoms with van der Waals surface area (Å²) in [6, 6.07) is 8.81. The van der Waals surface area contributed by atoms with Crippen LogP contribution in [0.2, 0.25) is 5.28 Å². The average molecular weight is 412 g/mol. The molecule has 150 valence electrons. The van der Waals surface area contributed by atoms with Crippen LogP contribution in [0.4, 0.5) is 11.8 Å². The number of benzene rings is 1. The molecule has 1 N–H and O–H groups in total. The fourth-order valence-electron chi connectivity index (χ4n) is 3.09. The van der Waals surface area contributed by atoms with Crippen LogP contribution in [0, 0.1) is 0 Å². The summed E-state index contributed by atoms with van der Waals surface area (Å²) in [4.78, 5) is 19.6. The molecule has 3 aromatic heterocycles. The van der Waals surface area contributed by atoms with Crippen molar-refractivity contribution < 1.29 is 4.42 Å². The minimum Gasteiger partial charge on any atom is -0.431 e. The van der Waals surface area contributed by atoms with E-state index in [-0.39, 0.29) is 11.3 Å². The SMILES string of the molecule is CC(C)n1cnc2c(NCc3ccccc3-c3coc(N(C)C)n3)nc(Cl)nc21. The standard InChI is InChI=1S/C20H22ClN7O/c1-12(2)28-11-23-16-17(25-19(21)26-18(16)28)22-9-13-7-5-6-8-14(13)15-10-29-20(24-15)27(3)4/h5-8,10-12H,9H2,1-4H3,(H,22,25,26). The Balaban J connectivity index is 1.65. The first-order valence-electron chi connectivity index (χ1n) is 9.29. The smallest absolute Gasteiger partial charge is 0.297 e. The summed E-state index contributed by atoms with van der Waals surface area (Å²) >= 11 is 6.17. The van der Waals surface area contributed by atoms with E-state index in [9.17, 15) is 0 Å². The Hall–Kier alpha value is -3.13. The molecule has 0 bridgehead atoms. The van der Waals surface area contributed by atoms with E-state index in [4.69, 9.17) is 16.0 Å². The second-order valence-corrected chi connectivity index (χ2v) is 7.52. The third kappa shape index (κ3) is 3.75. The lowest BCUT2D eigenvalue weighted by Crippen LogP contribution is -2.08. The fourth-order valence-corrected chi connectivity index (χ4v) is 3.25. The molecular weight excluding hydrogens is 390 g/mol. The van der Waals surface area contributed by atoms with Crippen LogP contribution in [0.25, 0.3) is 22.4 Å². The van der Waals surface area contributed by atoms with E-state index in [2.05, 4.69) is 39.1 Å². The van der Waals surface area contributed by atoms with Gasteiger partial charge in [-0.25, -0.2) is 4.98 Å². The molecule has 3 heterocycles. The third-order valence-electron chi connectivity index (χ3n) is 4.56. The molecule has 0 spiro atoms. The summed E-state index contributed by atoms with van der Waals surface area (Å²) in [5.41, 5.74) is 4.22. The van der Waals surface area contributed by atoms with Crippen molar-refractivity contribution in [2.45, 2.75) is 26.4 Å². The van der Waals surface area contributed by atoms with Gasteiger partial charge >= 0.3 is 0 Å². The maximum absolute atomic E-state index is 6.17. The van der Waals surface area contributed by atoms with Crippen LogP contribution >= 0.6 is 11.6 Å². The number of hydrogen-bond acceptors (Lipinski definition) is 7. The second-order valence-electron chi connectivity index (χ2n) is 7.18. The summed E-state index contributed by atoms with van der Waals surface area (Å²) < 4.78 is 7.51. The molecule has 4 aromatic rings. The summed E-state index contributed by atoms with van der Waals surface area (Å²) in [7, 11) is 3.78. The van der Waals surface area contributed by atoms with Gasteiger partial charge in [0.25, 0.3) is 6.01 Å². The second kappa shape index (κ2) is 7.71. The highest BCUT2D eigenvalue weighted by Gasteiger charge is 2.16. The number of fused-ring (bicyclic) bond motifs is 1. The zero-order chi connectivity index (χ0) is 20.5. The number of anilines is 2. The molecule has 0 radical (unpaired) electrons. The van der Waals surface area contributed by atoms with Crippen LogP contribution in [0.3, 0.4) is 0 Å². The van der Waals surface area contributed by atoms with Gasteiger partial charge in [-0.3, -0.25) is 0 Å². The van der Waals surface area contributed by atoms with E-state index < -0.39 is 0 Å². The van der Waals surface area contributed by atoms with E-state index >= 15 is 0 Å². The monoisotopic (exact) mass is 411 g/mol. The third-order valence-corrected chi connectivity index (χ3v) is 4.73. The van der Waals surface area contributed by atoms with Crippen molar-refractivity contribution in [1.82, 2.24) is 24.5 Å². The molecule has 1 aromatic carbocycles. The van der Waals surface area contributed by atoms with Gasteiger partial charge in [0.1, 0.15) is 12.0 Å². The molecule has 8 nitrogen and oxygen atoms in total. The minimum absolute atomic E-state index is 0.183. The molecule has 4 rings (SSSR count). The van der Waals surface area contributed by atoms with Crippen molar-refractivity contribution in [3.8, 4) is 11.3 Å². The van der Waals surface area contributed by atoms with Gasteiger partial charge in [0.05, 0.1) is 6.33 Å². The van der Waals surface area contributed by atoms with Crippen LogP contribution in [0.15, 0.2) is 41.3 Å². The molecule has 0 saturated heterocycles. The van der Waals surface area contributed by atoms with Crippen LogP contribution < -0.4 is 10.2 Å². The first kappa shape index (κ1) is 19.2. The molecule has 0 fully saturated rings. The number of nitrogens with zero attached hydrogens (tertiary/aromatic N) is 6. The normalized spacial score (nSPS) is 11.4. The van der Waals surface area contributed by atoms with Gasteiger partial charge in [0.2, 0.25) is 5.28 Å². The van der Waals surface area contributed by atoms with Gasteiger partial charge in [0, 0.05) is 32.2 Å². The van der Waals surface area contributed by atoms with Crippen molar-refractivity contribution in [2.24, 2.45) is 0 Å². The highest BCUT2D eigenvalue weighted by atomic mass is 35.5.